The lowest BCUT2D eigenvalue weighted by Gasteiger charge is -2.03. The molecule has 0 spiro atoms. The number of carbonyl (C=O) groups is 1. The predicted molar refractivity (Wildman–Crippen MR) is 54.0 cm³/mol. The molecule has 0 saturated heterocycles. The number of ether oxygens (including phenoxy) is 1. The minimum atomic E-state index is -0.283. The molecule has 0 bridgehead atoms. The number of carbonyl (C=O) groups excluding carboxylic acids is 1. The fourth-order valence-corrected chi connectivity index (χ4v) is 1.08. The highest BCUT2D eigenvalue weighted by molar-refractivity contribution is 5.88. The van der Waals surface area contributed by atoms with Crippen LogP contribution >= 0.6 is 0 Å². The van der Waals surface area contributed by atoms with Crippen LogP contribution in [0.25, 0.3) is 0 Å². The summed E-state index contributed by atoms with van der Waals surface area (Å²) < 4.78 is 5.05. The van der Waals surface area contributed by atoms with Gasteiger partial charge in [0.05, 0.1) is 12.2 Å². The van der Waals surface area contributed by atoms with Gasteiger partial charge in [0.2, 0.25) is 0 Å². The molecule has 0 fully saturated rings. The highest BCUT2D eigenvalue weighted by Crippen LogP contribution is 2.01. The van der Waals surface area contributed by atoms with E-state index in [0.717, 1.165) is 19.3 Å². The summed E-state index contributed by atoms with van der Waals surface area (Å²) >= 11 is 0. The molecule has 0 atom stereocenters. The van der Waals surface area contributed by atoms with Crippen LogP contribution < -0.4 is 0 Å². The zero-order valence-corrected chi connectivity index (χ0v) is 8.40. The van der Waals surface area contributed by atoms with Gasteiger partial charge in [-0.05, 0) is 18.6 Å². The smallest absolute Gasteiger partial charge is 0.339 e. The number of unbranched alkanes of at least 4 members (excludes halogenated alkanes) is 2. The van der Waals surface area contributed by atoms with E-state index in [4.69, 9.17) is 4.74 Å². The third kappa shape index (κ3) is 3.56. The van der Waals surface area contributed by atoms with Gasteiger partial charge in [0.1, 0.15) is 0 Å². The zero-order chi connectivity index (χ0) is 10.2. The van der Waals surface area contributed by atoms with Crippen LogP contribution in [0, 0.1) is 0 Å². The topological polar surface area (TPSA) is 39.2 Å². The van der Waals surface area contributed by atoms with Crippen molar-refractivity contribution in [3.05, 3.63) is 30.1 Å². The first-order valence-electron chi connectivity index (χ1n) is 4.91. The summed E-state index contributed by atoms with van der Waals surface area (Å²) in [7, 11) is 0. The van der Waals surface area contributed by atoms with Crippen LogP contribution in [0.3, 0.4) is 0 Å². The molecule has 0 radical (unpaired) electrons. The lowest BCUT2D eigenvalue weighted by molar-refractivity contribution is 0.0497. The van der Waals surface area contributed by atoms with Crippen molar-refractivity contribution in [1.29, 1.82) is 0 Å². The quantitative estimate of drug-likeness (QED) is 0.532. The Labute approximate surface area is 84.1 Å². The summed E-state index contributed by atoms with van der Waals surface area (Å²) in [4.78, 5) is 15.2. The maximum Gasteiger partial charge on any atom is 0.339 e. The molecule has 3 heteroatoms. The molecule has 1 aromatic heterocycles. The van der Waals surface area contributed by atoms with Crippen molar-refractivity contribution in [2.75, 3.05) is 6.61 Å². The molecule has 0 aliphatic carbocycles. The summed E-state index contributed by atoms with van der Waals surface area (Å²) in [6.07, 6.45) is 6.31. The van der Waals surface area contributed by atoms with Gasteiger partial charge in [0.15, 0.2) is 0 Å². The van der Waals surface area contributed by atoms with Gasteiger partial charge < -0.3 is 4.74 Å². The largest absolute Gasteiger partial charge is 0.462 e. The van der Waals surface area contributed by atoms with Gasteiger partial charge in [0, 0.05) is 12.4 Å². The average Bonchev–Trinajstić information content (AvgIpc) is 2.25. The molecule has 0 unspecified atom stereocenters. The van der Waals surface area contributed by atoms with E-state index in [9.17, 15) is 4.79 Å². The second-order valence-corrected chi connectivity index (χ2v) is 3.08. The summed E-state index contributed by atoms with van der Waals surface area (Å²) in [5.41, 5.74) is 0.518. The van der Waals surface area contributed by atoms with Gasteiger partial charge in [-0.1, -0.05) is 19.8 Å². The van der Waals surface area contributed by atoms with Crippen LogP contribution in [-0.2, 0) is 4.74 Å². The van der Waals surface area contributed by atoms with E-state index in [-0.39, 0.29) is 5.97 Å². The molecule has 76 valence electrons. The number of esters is 1. The fraction of sp³-hybridized carbons (Fsp3) is 0.455. The minimum Gasteiger partial charge on any atom is -0.462 e. The van der Waals surface area contributed by atoms with Gasteiger partial charge >= 0.3 is 5.97 Å². The summed E-state index contributed by atoms with van der Waals surface area (Å²) in [6, 6.07) is 3.43. The number of hydrogen-bond acceptors (Lipinski definition) is 3. The summed E-state index contributed by atoms with van der Waals surface area (Å²) in [5.74, 6) is -0.283. The molecule has 3 nitrogen and oxygen atoms in total. The Morgan fingerprint density at radius 1 is 1.50 bits per heavy atom. The Morgan fingerprint density at radius 3 is 3.00 bits per heavy atom. The van der Waals surface area contributed by atoms with Gasteiger partial charge in [-0.3, -0.25) is 4.98 Å². The maximum absolute atomic E-state index is 11.3. The van der Waals surface area contributed by atoms with Crippen molar-refractivity contribution in [3.63, 3.8) is 0 Å². The van der Waals surface area contributed by atoms with E-state index in [2.05, 4.69) is 11.9 Å². The van der Waals surface area contributed by atoms with Crippen LogP contribution in [0.4, 0.5) is 0 Å². The van der Waals surface area contributed by atoms with Crippen molar-refractivity contribution in [3.8, 4) is 0 Å². The molecule has 0 N–H and O–H groups in total. The summed E-state index contributed by atoms with van der Waals surface area (Å²) in [5, 5.41) is 0. The van der Waals surface area contributed by atoms with Crippen LogP contribution in [-0.4, -0.2) is 17.6 Å². The Hall–Kier alpha value is -1.38. The van der Waals surface area contributed by atoms with E-state index in [1.807, 2.05) is 0 Å². The Bertz CT molecular complexity index is 272. The molecule has 0 aliphatic rings. The number of nitrogens with zero attached hydrogens (tertiary/aromatic N) is 1. The van der Waals surface area contributed by atoms with E-state index >= 15 is 0 Å². The first-order chi connectivity index (χ1) is 6.84. The molecule has 0 aliphatic heterocycles. The fourth-order valence-electron chi connectivity index (χ4n) is 1.08. The van der Waals surface area contributed by atoms with Crippen LogP contribution in [0.15, 0.2) is 24.5 Å². The molecule has 1 heterocycles. The van der Waals surface area contributed by atoms with Crippen molar-refractivity contribution in [1.82, 2.24) is 4.98 Å². The van der Waals surface area contributed by atoms with Crippen molar-refractivity contribution < 1.29 is 9.53 Å². The maximum atomic E-state index is 11.3. The van der Waals surface area contributed by atoms with E-state index in [1.54, 1.807) is 18.3 Å². The third-order valence-electron chi connectivity index (χ3n) is 1.88. The SMILES string of the molecule is CCCCCOC(=O)c1cccnc1. The minimum absolute atomic E-state index is 0.283. The molecule has 1 rings (SSSR count). The number of hydrogen-bond donors (Lipinski definition) is 0. The highest BCUT2D eigenvalue weighted by Gasteiger charge is 2.05. The second-order valence-electron chi connectivity index (χ2n) is 3.08. The molecular formula is C11H15NO2. The van der Waals surface area contributed by atoms with Gasteiger partial charge in [-0.15, -0.1) is 0 Å². The molecule has 1 aromatic rings. The number of rotatable bonds is 5. The molecule has 0 aromatic carbocycles. The van der Waals surface area contributed by atoms with E-state index in [1.165, 1.54) is 6.20 Å². The predicted octanol–water partition coefficient (Wildman–Crippen LogP) is 2.43. The van der Waals surface area contributed by atoms with E-state index < -0.39 is 0 Å². The highest BCUT2D eigenvalue weighted by atomic mass is 16.5. The van der Waals surface area contributed by atoms with Crippen molar-refractivity contribution in [2.24, 2.45) is 0 Å². The monoisotopic (exact) mass is 193 g/mol. The Kier molecular flexibility index (Phi) is 4.69. The summed E-state index contributed by atoms with van der Waals surface area (Å²) in [6.45, 7) is 2.62. The third-order valence-corrected chi connectivity index (χ3v) is 1.88. The average molecular weight is 193 g/mol. The number of aromatic nitrogens is 1. The first-order valence-corrected chi connectivity index (χ1v) is 4.91. The Morgan fingerprint density at radius 2 is 2.36 bits per heavy atom. The standard InChI is InChI=1S/C11H15NO2/c1-2-3-4-8-14-11(13)10-6-5-7-12-9-10/h5-7,9H,2-4,8H2,1H3. The van der Waals surface area contributed by atoms with Crippen molar-refractivity contribution >= 4 is 5.97 Å². The lowest BCUT2D eigenvalue weighted by Crippen LogP contribution is -2.06. The normalized spacial score (nSPS) is 9.79. The first kappa shape index (κ1) is 10.7. The van der Waals surface area contributed by atoms with Gasteiger partial charge in [0.25, 0.3) is 0 Å². The van der Waals surface area contributed by atoms with Gasteiger partial charge in [-0.2, -0.15) is 0 Å². The molecule has 14 heavy (non-hydrogen) atoms. The second kappa shape index (κ2) is 6.13. The van der Waals surface area contributed by atoms with Crippen molar-refractivity contribution in [2.45, 2.75) is 26.2 Å². The molecule has 0 amide bonds. The van der Waals surface area contributed by atoms with Crippen LogP contribution in [0.1, 0.15) is 36.5 Å². The lowest BCUT2D eigenvalue weighted by atomic mass is 10.2. The van der Waals surface area contributed by atoms with Crippen LogP contribution in [0.2, 0.25) is 0 Å². The molecule has 0 saturated carbocycles. The Balaban J connectivity index is 2.29. The number of pyridine rings is 1. The van der Waals surface area contributed by atoms with Gasteiger partial charge in [-0.25, -0.2) is 4.79 Å². The zero-order valence-electron chi connectivity index (χ0n) is 8.40. The molecular weight excluding hydrogens is 178 g/mol. The van der Waals surface area contributed by atoms with Crippen LogP contribution in [0.5, 0.6) is 0 Å². The van der Waals surface area contributed by atoms with E-state index in [0.29, 0.717) is 12.2 Å².